The van der Waals surface area contributed by atoms with Crippen LogP contribution in [0.4, 0.5) is 0 Å². The highest BCUT2D eigenvalue weighted by Gasteiger charge is 2.69. The molecule has 8 nitrogen and oxygen atoms in total. The molecule has 2 N–H and O–H groups in total. The number of carbonyl (C=O) groups excluding carboxylic acids is 4. The van der Waals surface area contributed by atoms with Crippen LogP contribution in [0.2, 0.25) is 5.02 Å². The molecule has 33 heavy (non-hydrogen) atoms. The summed E-state index contributed by atoms with van der Waals surface area (Å²) in [6, 6.07) is 3.57. The van der Waals surface area contributed by atoms with Crippen LogP contribution in [0.25, 0.3) is 0 Å². The Morgan fingerprint density at radius 3 is 2.82 bits per heavy atom. The van der Waals surface area contributed by atoms with Crippen LogP contribution in [0, 0.1) is 23.2 Å². The van der Waals surface area contributed by atoms with Gasteiger partial charge in [-0.2, -0.15) is 0 Å². The van der Waals surface area contributed by atoms with Crippen molar-refractivity contribution in [1.82, 2.24) is 15.5 Å². The van der Waals surface area contributed by atoms with E-state index in [1.54, 1.807) is 23.1 Å². The van der Waals surface area contributed by atoms with Gasteiger partial charge in [-0.25, -0.2) is 0 Å². The standard InChI is InChI=1S/C23H27BrClN3O5/c1-23(2)15-9-28(18(30)11-33-14-3-4-17(25)16(24)8-14)20(19(15)23)22(32)27-13(10-29)7-12-5-6-26-21(12)31/h3-4,8,10,12-13,15,19-20H,5-7,9,11H2,1-2H3,(H,26,31)(H,27,32)/t12-,13-,15?,19?,20+/m0/s1. The molecule has 1 saturated carbocycles. The Morgan fingerprint density at radius 2 is 2.18 bits per heavy atom. The van der Waals surface area contributed by atoms with Gasteiger partial charge in [-0.3, -0.25) is 14.4 Å². The molecule has 2 saturated heterocycles. The predicted octanol–water partition coefficient (Wildman–Crippen LogP) is 2.17. The Bertz CT molecular complexity index is 987. The van der Waals surface area contributed by atoms with Crippen molar-refractivity contribution in [2.75, 3.05) is 19.7 Å². The molecule has 2 aliphatic heterocycles. The van der Waals surface area contributed by atoms with Gasteiger partial charge in [0.05, 0.1) is 11.1 Å². The van der Waals surface area contributed by atoms with Crippen LogP contribution in [-0.2, 0) is 19.2 Å². The van der Waals surface area contributed by atoms with Gasteiger partial charge in [0, 0.05) is 23.5 Å². The number of hydrogen-bond acceptors (Lipinski definition) is 5. The number of benzene rings is 1. The van der Waals surface area contributed by atoms with Crippen LogP contribution in [0.5, 0.6) is 5.75 Å². The average Bonchev–Trinajstić information content (AvgIpc) is 3.13. The maximum atomic E-state index is 13.2. The van der Waals surface area contributed by atoms with Crippen molar-refractivity contribution in [1.29, 1.82) is 0 Å². The van der Waals surface area contributed by atoms with Crippen LogP contribution in [0.1, 0.15) is 26.7 Å². The Hall–Kier alpha value is -2.13. The van der Waals surface area contributed by atoms with Gasteiger partial charge in [0.1, 0.15) is 18.1 Å². The molecule has 3 aliphatic rings. The Balaban J connectivity index is 1.41. The van der Waals surface area contributed by atoms with Gasteiger partial charge in [0.2, 0.25) is 11.8 Å². The minimum atomic E-state index is -0.771. The fourth-order valence-corrected chi connectivity index (χ4v) is 5.71. The SMILES string of the molecule is CC1(C)C2CN(C(=O)COc3ccc(Cl)c(Br)c3)[C@@H](C(=O)N[C@H](C=O)C[C@@H]3CCNC3=O)C21. The summed E-state index contributed by atoms with van der Waals surface area (Å²) < 4.78 is 6.30. The smallest absolute Gasteiger partial charge is 0.261 e. The molecular weight excluding hydrogens is 514 g/mol. The third kappa shape index (κ3) is 4.75. The number of ether oxygens (including phenoxy) is 1. The van der Waals surface area contributed by atoms with Crippen molar-refractivity contribution in [2.24, 2.45) is 23.2 Å². The van der Waals surface area contributed by atoms with E-state index in [-0.39, 0.29) is 53.9 Å². The van der Waals surface area contributed by atoms with Gasteiger partial charge >= 0.3 is 0 Å². The Morgan fingerprint density at radius 1 is 1.42 bits per heavy atom. The first-order chi connectivity index (χ1) is 15.6. The molecule has 0 radical (unpaired) electrons. The maximum absolute atomic E-state index is 13.2. The third-order valence-electron chi connectivity index (χ3n) is 7.24. The van der Waals surface area contributed by atoms with E-state index < -0.39 is 12.1 Å². The molecule has 10 heteroatoms. The van der Waals surface area contributed by atoms with E-state index in [0.717, 1.165) is 0 Å². The number of likely N-dealkylation sites (tertiary alicyclic amines) is 1. The van der Waals surface area contributed by atoms with Gasteiger partial charge in [0.25, 0.3) is 5.91 Å². The van der Waals surface area contributed by atoms with E-state index in [1.807, 2.05) is 0 Å². The summed E-state index contributed by atoms with van der Waals surface area (Å²) in [6.07, 6.45) is 1.57. The summed E-state index contributed by atoms with van der Waals surface area (Å²) >= 11 is 9.32. The lowest BCUT2D eigenvalue weighted by Gasteiger charge is -2.31. The number of nitrogens with one attached hydrogen (secondary N) is 2. The van der Waals surface area contributed by atoms with Crippen LogP contribution >= 0.6 is 27.5 Å². The lowest BCUT2D eigenvalue weighted by Crippen LogP contribution is -2.53. The van der Waals surface area contributed by atoms with E-state index in [1.165, 1.54) is 0 Å². The van der Waals surface area contributed by atoms with Crippen molar-refractivity contribution >= 4 is 51.5 Å². The van der Waals surface area contributed by atoms with Gasteiger partial charge in [-0.15, -0.1) is 0 Å². The largest absolute Gasteiger partial charge is 0.484 e. The van der Waals surface area contributed by atoms with E-state index in [2.05, 4.69) is 40.4 Å². The number of fused-ring (bicyclic) bond motifs is 1. The molecule has 4 rings (SSSR count). The molecule has 3 amide bonds. The molecule has 1 aromatic rings. The number of amides is 3. The lowest BCUT2D eigenvalue weighted by molar-refractivity contribution is -0.142. The van der Waals surface area contributed by atoms with Crippen LogP contribution in [0.3, 0.4) is 0 Å². The van der Waals surface area contributed by atoms with E-state index in [4.69, 9.17) is 16.3 Å². The van der Waals surface area contributed by atoms with Crippen LogP contribution in [0.15, 0.2) is 22.7 Å². The van der Waals surface area contributed by atoms with Crippen molar-refractivity contribution in [2.45, 2.75) is 38.8 Å². The third-order valence-corrected chi connectivity index (χ3v) is 8.46. The number of nitrogens with zero attached hydrogens (tertiary/aromatic N) is 1. The highest BCUT2D eigenvalue weighted by molar-refractivity contribution is 9.10. The first kappa shape index (κ1) is 24.0. The summed E-state index contributed by atoms with van der Waals surface area (Å²) in [5.41, 5.74) is -0.0529. The topological polar surface area (TPSA) is 105 Å². The molecule has 178 valence electrons. The van der Waals surface area contributed by atoms with E-state index in [0.29, 0.717) is 41.0 Å². The number of aldehydes is 1. The first-order valence-corrected chi connectivity index (χ1v) is 12.2. The zero-order valence-electron chi connectivity index (χ0n) is 18.5. The molecule has 1 aliphatic carbocycles. The molecule has 2 heterocycles. The molecular formula is C23H27BrClN3O5. The van der Waals surface area contributed by atoms with Gasteiger partial charge in [0.15, 0.2) is 6.61 Å². The van der Waals surface area contributed by atoms with Gasteiger partial charge < -0.3 is 25.1 Å². The van der Waals surface area contributed by atoms with Gasteiger partial charge in [-0.1, -0.05) is 25.4 Å². The van der Waals surface area contributed by atoms with E-state index in [9.17, 15) is 19.2 Å². The normalized spacial score (nSPS) is 28.0. The van der Waals surface area contributed by atoms with Crippen LogP contribution in [-0.4, -0.2) is 60.7 Å². The van der Waals surface area contributed by atoms with Crippen molar-refractivity contribution in [3.05, 3.63) is 27.7 Å². The summed E-state index contributed by atoms with van der Waals surface area (Å²) in [5, 5.41) is 6.06. The molecule has 5 atom stereocenters. The maximum Gasteiger partial charge on any atom is 0.261 e. The molecule has 0 aromatic heterocycles. The Labute approximate surface area is 205 Å². The molecule has 0 bridgehead atoms. The molecule has 3 fully saturated rings. The Kier molecular flexibility index (Phi) is 6.73. The average molecular weight is 541 g/mol. The summed E-state index contributed by atoms with van der Waals surface area (Å²) in [6.45, 7) is 5.02. The number of carbonyl (C=O) groups is 4. The number of halogens is 2. The molecule has 2 unspecified atom stereocenters. The summed E-state index contributed by atoms with van der Waals surface area (Å²) in [7, 11) is 0. The second kappa shape index (κ2) is 9.25. The van der Waals surface area contributed by atoms with Gasteiger partial charge in [-0.05, 0) is 64.2 Å². The number of rotatable bonds is 8. The highest BCUT2D eigenvalue weighted by atomic mass is 79.9. The van der Waals surface area contributed by atoms with Crippen LogP contribution < -0.4 is 15.4 Å². The second-order valence-corrected chi connectivity index (χ2v) is 10.8. The number of hydrogen-bond donors (Lipinski definition) is 2. The van der Waals surface area contributed by atoms with E-state index >= 15 is 0 Å². The monoisotopic (exact) mass is 539 g/mol. The second-order valence-electron chi connectivity index (χ2n) is 9.57. The lowest BCUT2D eigenvalue weighted by atomic mass is 9.97. The summed E-state index contributed by atoms with van der Waals surface area (Å²) in [4.78, 5) is 51.3. The zero-order valence-corrected chi connectivity index (χ0v) is 20.8. The quantitative estimate of drug-likeness (QED) is 0.492. The van der Waals surface area contributed by atoms with Crippen molar-refractivity contribution in [3.63, 3.8) is 0 Å². The molecule has 0 spiro atoms. The fraction of sp³-hybridized carbons (Fsp3) is 0.565. The zero-order chi connectivity index (χ0) is 23.9. The van der Waals surface area contributed by atoms with Crippen molar-refractivity contribution in [3.8, 4) is 5.75 Å². The minimum absolute atomic E-state index is 0.0215. The van der Waals surface area contributed by atoms with Crippen molar-refractivity contribution < 1.29 is 23.9 Å². The summed E-state index contributed by atoms with van der Waals surface area (Å²) in [5.74, 6) is -0.304. The predicted molar refractivity (Wildman–Crippen MR) is 125 cm³/mol. The molecule has 1 aromatic carbocycles. The fourth-order valence-electron chi connectivity index (χ4n) is 5.23. The minimum Gasteiger partial charge on any atom is -0.484 e. The first-order valence-electron chi connectivity index (χ1n) is 11.0. The number of piperidine rings is 1. The highest BCUT2D eigenvalue weighted by Crippen LogP contribution is 2.64.